The first-order chi connectivity index (χ1) is 7.27. The highest BCUT2D eigenvalue weighted by molar-refractivity contribution is 5.33. The van der Waals surface area contributed by atoms with Gasteiger partial charge in [-0.3, -0.25) is 0 Å². The minimum absolute atomic E-state index is 0.497. The molecule has 0 spiro atoms. The van der Waals surface area contributed by atoms with E-state index in [9.17, 15) is 0 Å². The third-order valence-corrected chi connectivity index (χ3v) is 2.35. The van der Waals surface area contributed by atoms with E-state index >= 15 is 0 Å². The number of nitrogens with one attached hydrogen (secondary N) is 1. The molecule has 0 saturated heterocycles. The highest BCUT2D eigenvalue weighted by Crippen LogP contribution is 2.19. The van der Waals surface area contributed by atoms with Gasteiger partial charge in [0, 0.05) is 6.04 Å². The molecular weight excluding hydrogens is 186 g/mol. The first kappa shape index (κ1) is 12.1. The van der Waals surface area contributed by atoms with E-state index in [2.05, 4.69) is 31.3 Å². The van der Waals surface area contributed by atoms with Crippen molar-refractivity contribution in [3.63, 3.8) is 0 Å². The van der Waals surface area contributed by atoms with Crippen molar-refractivity contribution in [1.29, 1.82) is 0 Å². The number of benzene rings is 1. The number of para-hydroxylation sites is 1. The zero-order valence-corrected chi connectivity index (χ0v) is 9.92. The Morgan fingerprint density at radius 1 is 1.27 bits per heavy atom. The maximum absolute atomic E-state index is 5.59. The fraction of sp³-hybridized carbons (Fsp3) is 0.538. The molecule has 1 aromatic carbocycles. The van der Waals surface area contributed by atoms with Gasteiger partial charge in [0.1, 0.15) is 5.75 Å². The molecule has 15 heavy (non-hydrogen) atoms. The van der Waals surface area contributed by atoms with Gasteiger partial charge in [-0.15, -0.1) is 0 Å². The Kier molecular flexibility index (Phi) is 5.19. The molecule has 0 aliphatic carbocycles. The van der Waals surface area contributed by atoms with Gasteiger partial charge in [-0.25, -0.2) is 0 Å². The van der Waals surface area contributed by atoms with E-state index in [0.29, 0.717) is 6.04 Å². The number of likely N-dealkylation sites (N-methyl/N-ethyl adjacent to an activating group) is 1. The Morgan fingerprint density at radius 2 is 2.00 bits per heavy atom. The summed E-state index contributed by atoms with van der Waals surface area (Å²) in [5, 5.41) is 3.41. The molecule has 0 aliphatic heterocycles. The molecule has 1 N–H and O–H groups in total. The van der Waals surface area contributed by atoms with Gasteiger partial charge in [-0.1, -0.05) is 25.1 Å². The molecule has 0 bridgehead atoms. The van der Waals surface area contributed by atoms with Gasteiger partial charge in [-0.2, -0.15) is 0 Å². The van der Waals surface area contributed by atoms with Crippen LogP contribution in [-0.4, -0.2) is 19.2 Å². The van der Waals surface area contributed by atoms with E-state index < -0.39 is 0 Å². The van der Waals surface area contributed by atoms with Crippen LogP contribution in [0.25, 0.3) is 0 Å². The molecule has 0 aromatic heterocycles. The highest BCUT2D eigenvalue weighted by atomic mass is 16.5. The van der Waals surface area contributed by atoms with E-state index in [-0.39, 0.29) is 0 Å². The first-order valence-electron chi connectivity index (χ1n) is 5.72. The largest absolute Gasteiger partial charge is 0.494 e. The molecule has 2 heteroatoms. The lowest BCUT2D eigenvalue weighted by molar-refractivity contribution is 0.335. The van der Waals surface area contributed by atoms with E-state index in [1.165, 1.54) is 5.56 Å². The van der Waals surface area contributed by atoms with Crippen molar-refractivity contribution in [3.05, 3.63) is 29.8 Å². The molecule has 0 saturated carbocycles. The second-order valence-electron chi connectivity index (χ2n) is 3.70. The third-order valence-electron chi connectivity index (χ3n) is 2.35. The van der Waals surface area contributed by atoms with Crippen LogP contribution in [0.5, 0.6) is 5.75 Å². The van der Waals surface area contributed by atoms with Gasteiger partial charge in [0.05, 0.1) is 6.61 Å². The Bertz CT molecular complexity index is 286. The maximum atomic E-state index is 5.59. The lowest BCUT2D eigenvalue weighted by atomic mass is 10.1. The van der Waals surface area contributed by atoms with E-state index in [4.69, 9.17) is 4.74 Å². The van der Waals surface area contributed by atoms with Crippen LogP contribution < -0.4 is 10.1 Å². The summed E-state index contributed by atoms with van der Waals surface area (Å²) in [4.78, 5) is 0. The maximum Gasteiger partial charge on any atom is 0.122 e. The second-order valence-corrected chi connectivity index (χ2v) is 3.70. The summed E-state index contributed by atoms with van der Waals surface area (Å²) in [5.41, 5.74) is 1.28. The average molecular weight is 207 g/mol. The smallest absolute Gasteiger partial charge is 0.122 e. The minimum Gasteiger partial charge on any atom is -0.494 e. The monoisotopic (exact) mass is 207 g/mol. The summed E-state index contributed by atoms with van der Waals surface area (Å²) in [6, 6.07) is 8.76. The molecule has 0 amide bonds. The summed E-state index contributed by atoms with van der Waals surface area (Å²) >= 11 is 0. The van der Waals surface area contributed by atoms with Crippen LogP contribution in [-0.2, 0) is 6.42 Å². The van der Waals surface area contributed by atoms with Crippen LogP contribution in [0.4, 0.5) is 0 Å². The number of hydrogen-bond donors (Lipinski definition) is 1. The first-order valence-corrected chi connectivity index (χ1v) is 5.72. The molecule has 84 valence electrons. The fourth-order valence-corrected chi connectivity index (χ4v) is 1.72. The molecule has 1 aromatic rings. The lowest BCUT2D eigenvalue weighted by Gasteiger charge is -2.15. The molecule has 1 rings (SSSR count). The van der Waals surface area contributed by atoms with Gasteiger partial charge < -0.3 is 10.1 Å². The average Bonchev–Trinajstić information content (AvgIpc) is 2.21. The zero-order valence-electron chi connectivity index (χ0n) is 9.92. The predicted molar refractivity (Wildman–Crippen MR) is 64.5 cm³/mol. The van der Waals surface area contributed by atoms with Crippen molar-refractivity contribution in [2.45, 2.75) is 33.2 Å². The van der Waals surface area contributed by atoms with Crippen LogP contribution >= 0.6 is 0 Å². The normalized spacial score (nSPS) is 12.5. The van der Waals surface area contributed by atoms with Crippen LogP contribution in [0.2, 0.25) is 0 Å². The van der Waals surface area contributed by atoms with Gasteiger partial charge >= 0.3 is 0 Å². The van der Waals surface area contributed by atoms with Crippen LogP contribution in [0.1, 0.15) is 26.3 Å². The van der Waals surface area contributed by atoms with Crippen molar-refractivity contribution in [2.75, 3.05) is 13.2 Å². The van der Waals surface area contributed by atoms with E-state index in [0.717, 1.165) is 25.3 Å². The van der Waals surface area contributed by atoms with Crippen molar-refractivity contribution in [3.8, 4) is 5.75 Å². The van der Waals surface area contributed by atoms with Gasteiger partial charge in [0.2, 0.25) is 0 Å². The summed E-state index contributed by atoms with van der Waals surface area (Å²) < 4.78 is 5.59. The standard InChI is InChI=1S/C13H21NO/c1-4-14-11(3)10-12-8-6-7-9-13(12)15-5-2/h6-9,11,14H,4-5,10H2,1-3H3. The Balaban J connectivity index is 2.66. The topological polar surface area (TPSA) is 21.3 Å². The predicted octanol–water partition coefficient (Wildman–Crippen LogP) is 2.63. The molecule has 1 atom stereocenters. The van der Waals surface area contributed by atoms with Crippen molar-refractivity contribution >= 4 is 0 Å². The Labute approximate surface area is 92.6 Å². The fourth-order valence-electron chi connectivity index (χ4n) is 1.72. The second kappa shape index (κ2) is 6.46. The van der Waals surface area contributed by atoms with Crippen molar-refractivity contribution < 1.29 is 4.74 Å². The quantitative estimate of drug-likeness (QED) is 0.774. The lowest BCUT2D eigenvalue weighted by Crippen LogP contribution is -2.27. The number of hydrogen-bond acceptors (Lipinski definition) is 2. The highest BCUT2D eigenvalue weighted by Gasteiger charge is 2.06. The minimum atomic E-state index is 0.497. The summed E-state index contributed by atoms with van der Waals surface area (Å²) in [6.45, 7) is 8.09. The van der Waals surface area contributed by atoms with Gasteiger partial charge in [-0.05, 0) is 38.4 Å². The Hall–Kier alpha value is -1.02. The summed E-state index contributed by atoms with van der Waals surface area (Å²) in [6.07, 6.45) is 1.02. The van der Waals surface area contributed by atoms with Crippen LogP contribution in [0.3, 0.4) is 0 Å². The summed E-state index contributed by atoms with van der Waals surface area (Å²) in [5.74, 6) is 1.02. The SMILES string of the molecule is CCNC(C)Cc1ccccc1OCC. The van der Waals surface area contributed by atoms with Crippen molar-refractivity contribution in [1.82, 2.24) is 5.32 Å². The summed E-state index contributed by atoms with van der Waals surface area (Å²) in [7, 11) is 0. The molecule has 1 unspecified atom stereocenters. The molecule has 2 nitrogen and oxygen atoms in total. The molecular formula is C13H21NO. The molecule has 0 aliphatic rings. The van der Waals surface area contributed by atoms with Gasteiger partial charge in [0.15, 0.2) is 0 Å². The van der Waals surface area contributed by atoms with E-state index in [1.807, 2.05) is 19.1 Å². The van der Waals surface area contributed by atoms with E-state index in [1.54, 1.807) is 0 Å². The van der Waals surface area contributed by atoms with Crippen LogP contribution in [0.15, 0.2) is 24.3 Å². The molecule has 0 heterocycles. The number of ether oxygens (including phenoxy) is 1. The molecule has 0 fully saturated rings. The Morgan fingerprint density at radius 3 is 2.67 bits per heavy atom. The molecule has 0 radical (unpaired) electrons. The van der Waals surface area contributed by atoms with Crippen LogP contribution in [0, 0.1) is 0 Å². The van der Waals surface area contributed by atoms with Gasteiger partial charge in [0.25, 0.3) is 0 Å². The van der Waals surface area contributed by atoms with Crippen molar-refractivity contribution in [2.24, 2.45) is 0 Å². The number of rotatable bonds is 6. The zero-order chi connectivity index (χ0) is 11.1. The third kappa shape index (κ3) is 3.92.